The first-order valence-electron chi connectivity index (χ1n) is 6.32. The van der Waals surface area contributed by atoms with Crippen molar-refractivity contribution in [3.8, 4) is 0 Å². The van der Waals surface area contributed by atoms with Crippen LogP contribution in [0.1, 0.15) is 23.2 Å². The Morgan fingerprint density at radius 3 is 2.84 bits per heavy atom. The van der Waals surface area contributed by atoms with Gasteiger partial charge in [-0.1, -0.05) is 6.07 Å². The maximum absolute atomic E-state index is 13.1. The number of amides is 1. The molecule has 0 unspecified atom stereocenters. The lowest BCUT2D eigenvalue weighted by atomic mass is 9.96. The lowest BCUT2D eigenvalue weighted by molar-refractivity contribution is -0.0149. The Morgan fingerprint density at radius 2 is 2.21 bits per heavy atom. The van der Waals surface area contributed by atoms with E-state index in [9.17, 15) is 9.18 Å². The third-order valence-electron chi connectivity index (χ3n) is 3.49. The van der Waals surface area contributed by atoms with Crippen LogP contribution in [0.2, 0.25) is 0 Å². The van der Waals surface area contributed by atoms with Gasteiger partial charge in [-0.2, -0.15) is 11.8 Å². The van der Waals surface area contributed by atoms with Crippen molar-refractivity contribution in [1.29, 1.82) is 0 Å². The molecule has 1 N–H and O–H groups in total. The normalized spacial score (nSPS) is 18.0. The summed E-state index contributed by atoms with van der Waals surface area (Å²) in [5.41, 5.74) is 0.0743. The molecule has 0 aromatic heterocycles. The van der Waals surface area contributed by atoms with Crippen molar-refractivity contribution >= 4 is 17.7 Å². The highest BCUT2D eigenvalue weighted by Gasteiger charge is 2.32. The largest absolute Gasteiger partial charge is 0.376 e. The van der Waals surface area contributed by atoms with Crippen LogP contribution in [0, 0.1) is 5.82 Å². The van der Waals surface area contributed by atoms with E-state index in [-0.39, 0.29) is 11.5 Å². The van der Waals surface area contributed by atoms with Gasteiger partial charge in [-0.15, -0.1) is 0 Å². The van der Waals surface area contributed by atoms with Gasteiger partial charge < -0.3 is 10.1 Å². The third-order valence-corrected chi connectivity index (χ3v) is 4.48. The minimum atomic E-state index is -0.400. The summed E-state index contributed by atoms with van der Waals surface area (Å²) in [6.45, 7) is 0.472. The van der Waals surface area contributed by atoms with E-state index in [1.807, 2.05) is 11.8 Å². The van der Waals surface area contributed by atoms with E-state index >= 15 is 0 Å². The molecule has 0 radical (unpaired) electrons. The molecule has 0 saturated carbocycles. The van der Waals surface area contributed by atoms with Crippen LogP contribution in [0.3, 0.4) is 0 Å². The number of hydrogen-bond donors (Lipinski definition) is 1. The van der Waals surface area contributed by atoms with Crippen molar-refractivity contribution in [3.05, 3.63) is 35.6 Å². The Morgan fingerprint density at radius 1 is 1.47 bits per heavy atom. The summed E-state index contributed by atoms with van der Waals surface area (Å²) in [5, 5.41) is 2.85. The molecule has 0 aliphatic carbocycles. The summed E-state index contributed by atoms with van der Waals surface area (Å²) in [5.74, 6) is 1.44. The maximum atomic E-state index is 13.1. The summed E-state index contributed by atoms with van der Waals surface area (Å²) in [6, 6.07) is 5.71. The molecule has 5 heteroatoms. The van der Waals surface area contributed by atoms with E-state index in [4.69, 9.17) is 4.74 Å². The highest BCUT2D eigenvalue weighted by atomic mass is 32.2. The number of rotatable bonds is 4. The number of ether oxygens (including phenoxy) is 1. The molecule has 1 saturated heterocycles. The number of benzene rings is 1. The number of thioether (sulfide) groups is 1. The second-order valence-electron chi connectivity index (χ2n) is 4.69. The molecule has 104 valence electrons. The van der Waals surface area contributed by atoms with Crippen molar-refractivity contribution < 1.29 is 13.9 Å². The molecule has 1 aliphatic rings. The van der Waals surface area contributed by atoms with Gasteiger partial charge >= 0.3 is 0 Å². The standard InChI is InChI=1S/C14H18FNO2S/c1-18-14(5-7-19-8-6-14)10-16-13(17)11-3-2-4-12(15)9-11/h2-4,9H,5-8,10H2,1H3,(H,16,17). The van der Waals surface area contributed by atoms with E-state index < -0.39 is 5.82 Å². The van der Waals surface area contributed by atoms with Crippen molar-refractivity contribution in [2.75, 3.05) is 25.2 Å². The lowest BCUT2D eigenvalue weighted by Crippen LogP contribution is -2.46. The van der Waals surface area contributed by atoms with Crippen LogP contribution < -0.4 is 5.32 Å². The van der Waals surface area contributed by atoms with Gasteiger partial charge in [0.15, 0.2) is 0 Å². The molecule has 0 spiro atoms. The second-order valence-corrected chi connectivity index (χ2v) is 5.92. The summed E-state index contributed by atoms with van der Waals surface area (Å²) in [6.07, 6.45) is 1.86. The number of carbonyl (C=O) groups excluding carboxylic acids is 1. The van der Waals surface area contributed by atoms with Gasteiger partial charge in [0, 0.05) is 19.2 Å². The molecule has 19 heavy (non-hydrogen) atoms. The van der Waals surface area contributed by atoms with E-state index in [0.717, 1.165) is 24.3 Å². The molecule has 1 fully saturated rings. The average molecular weight is 283 g/mol. The number of methoxy groups -OCH3 is 1. The minimum Gasteiger partial charge on any atom is -0.376 e. The van der Waals surface area contributed by atoms with Crippen molar-refractivity contribution in [2.24, 2.45) is 0 Å². The lowest BCUT2D eigenvalue weighted by Gasteiger charge is -2.35. The predicted molar refractivity (Wildman–Crippen MR) is 75.0 cm³/mol. The SMILES string of the molecule is COC1(CNC(=O)c2cccc(F)c2)CCSCC1. The fourth-order valence-electron chi connectivity index (χ4n) is 2.17. The molecule has 0 bridgehead atoms. The molecule has 1 aliphatic heterocycles. The zero-order valence-corrected chi connectivity index (χ0v) is 11.8. The fourth-order valence-corrected chi connectivity index (χ4v) is 3.41. The average Bonchev–Trinajstić information content (AvgIpc) is 2.46. The highest BCUT2D eigenvalue weighted by molar-refractivity contribution is 7.99. The van der Waals surface area contributed by atoms with Gasteiger partial charge in [0.2, 0.25) is 0 Å². The smallest absolute Gasteiger partial charge is 0.251 e. The van der Waals surface area contributed by atoms with Crippen molar-refractivity contribution in [1.82, 2.24) is 5.32 Å². The Bertz CT molecular complexity index is 447. The minimum absolute atomic E-state index is 0.255. The number of hydrogen-bond acceptors (Lipinski definition) is 3. The molecule has 1 heterocycles. The Kier molecular flexibility index (Phi) is 4.82. The monoisotopic (exact) mass is 283 g/mol. The summed E-state index contributed by atoms with van der Waals surface area (Å²) in [7, 11) is 1.68. The van der Waals surface area contributed by atoms with Crippen LogP contribution in [-0.4, -0.2) is 36.7 Å². The zero-order valence-electron chi connectivity index (χ0n) is 10.9. The van der Waals surface area contributed by atoms with Gasteiger partial charge in [-0.3, -0.25) is 4.79 Å². The van der Waals surface area contributed by atoms with Gasteiger partial charge in [0.05, 0.1) is 5.60 Å². The maximum Gasteiger partial charge on any atom is 0.251 e. The fraction of sp³-hybridized carbons (Fsp3) is 0.500. The molecule has 2 rings (SSSR count). The first-order valence-corrected chi connectivity index (χ1v) is 7.47. The molecule has 0 atom stereocenters. The first-order chi connectivity index (χ1) is 9.15. The van der Waals surface area contributed by atoms with E-state index in [2.05, 4.69) is 5.32 Å². The van der Waals surface area contributed by atoms with Crippen LogP contribution in [0.15, 0.2) is 24.3 Å². The van der Waals surface area contributed by atoms with Crippen molar-refractivity contribution in [3.63, 3.8) is 0 Å². The topological polar surface area (TPSA) is 38.3 Å². The summed E-state index contributed by atoms with van der Waals surface area (Å²) < 4.78 is 18.6. The highest BCUT2D eigenvalue weighted by Crippen LogP contribution is 2.29. The predicted octanol–water partition coefficient (Wildman–Crippen LogP) is 2.47. The number of halogens is 1. The van der Waals surface area contributed by atoms with Crippen LogP contribution in [0.25, 0.3) is 0 Å². The summed E-state index contributed by atoms with van der Waals surface area (Å²) >= 11 is 1.90. The van der Waals surface area contributed by atoms with Gasteiger partial charge in [-0.05, 0) is 42.5 Å². The molecule has 1 aromatic rings. The molecule has 1 amide bonds. The van der Waals surface area contributed by atoms with Gasteiger partial charge in [0.1, 0.15) is 5.82 Å². The molecule has 3 nitrogen and oxygen atoms in total. The first kappa shape index (κ1) is 14.3. The van der Waals surface area contributed by atoms with Gasteiger partial charge in [0.25, 0.3) is 5.91 Å². The summed E-state index contributed by atoms with van der Waals surface area (Å²) in [4.78, 5) is 12.0. The third kappa shape index (κ3) is 3.70. The van der Waals surface area contributed by atoms with Crippen LogP contribution in [-0.2, 0) is 4.74 Å². The van der Waals surface area contributed by atoms with Crippen LogP contribution >= 0.6 is 11.8 Å². The Balaban J connectivity index is 1.95. The Hall–Kier alpha value is -1.07. The van der Waals surface area contributed by atoms with Crippen molar-refractivity contribution in [2.45, 2.75) is 18.4 Å². The quantitative estimate of drug-likeness (QED) is 0.922. The van der Waals surface area contributed by atoms with E-state index in [0.29, 0.717) is 12.1 Å². The zero-order chi connectivity index (χ0) is 13.7. The van der Waals surface area contributed by atoms with E-state index in [1.54, 1.807) is 13.2 Å². The molecular formula is C14H18FNO2S. The van der Waals surface area contributed by atoms with Crippen LogP contribution in [0.5, 0.6) is 0 Å². The van der Waals surface area contributed by atoms with Crippen LogP contribution in [0.4, 0.5) is 4.39 Å². The number of carbonyl (C=O) groups is 1. The second kappa shape index (κ2) is 6.39. The molecule has 1 aromatic carbocycles. The van der Waals surface area contributed by atoms with Gasteiger partial charge in [-0.25, -0.2) is 4.39 Å². The Labute approximate surface area is 116 Å². The van der Waals surface area contributed by atoms with E-state index in [1.165, 1.54) is 18.2 Å². The number of nitrogens with one attached hydrogen (secondary N) is 1. The molecular weight excluding hydrogens is 265 g/mol.